The molecule has 1 aromatic rings. The molecule has 1 rings (SSSR count). The van der Waals surface area contributed by atoms with E-state index in [-0.39, 0.29) is 31.8 Å². The number of amides is 3. The van der Waals surface area contributed by atoms with Crippen molar-refractivity contribution < 1.29 is 24.3 Å². The number of hydrogen-bond acceptors (Lipinski definition) is 8. The summed E-state index contributed by atoms with van der Waals surface area (Å²) in [5, 5.41) is 16.8. The highest BCUT2D eigenvalue weighted by molar-refractivity contribution is 5.92. The number of carbonyl (C=O) groups is 4. The Bertz CT molecular complexity index is 841. The maximum atomic E-state index is 12.7. The number of guanidine groups is 1. The molecule has 0 bridgehead atoms. The predicted molar refractivity (Wildman–Crippen MR) is 128 cm³/mol. The average molecular weight is 497 g/mol. The van der Waals surface area contributed by atoms with Crippen LogP contribution in [0.15, 0.2) is 17.5 Å². The topological polar surface area (TPSA) is 270 Å². The molecular formula is C20H36N10O5. The molecule has 3 unspecified atom stereocenters. The van der Waals surface area contributed by atoms with Gasteiger partial charge in [-0.25, -0.2) is 9.78 Å². The van der Waals surface area contributed by atoms with Gasteiger partial charge in [-0.15, -0.1) is 0 Å². The van der Waals surface area contributed by atoms with E-state index in [0.29, 0.717) is 31.5 Å². The van der Waals surface area contributed by atoms with E-state index in [1.54, 1.807) is 0 Å². The predicted octanol–water partition coefficient (Wildman–Crippen LogP) is -3.37. The molecule has 1 aromatic heterocycles. The summed E-state index contributed by atoms with van der Waals surface area (Å²) in [6.07, 6.45) is 4.99. The Kier molecular flexibility index (Phi) is 13.4. The zero-order valence-electron chi connectivity index (χ0n) is 19.5. The quantitative estimate of drug-likeness (QED) is 0.0586. The van der Waals surface area contributed by atoms with Gasteiger partial charge in [0, 0.05) is 24.9 Å². The average Bonchev–Trinajstić information content (AvgIpc) is 3.31. The largest absolute Gasteiger partial charge is 0.480 e. The molecule has 3 atom stereocenters. The smallest absolute Gasteiger partial charge is 0.326 e. The van der Waals surface area contributed by atoms with E-state index in [1.165, 1.54) is 12.5 Å². The first-order valence-electron chi connectivity index (χ1n) is 11.2. The van der Waals surface area contributed by atoms with Gasteiger partial charge in [-0.1, -0.05) is 0 Å². The normalized spacial score (nSPS) is 13.2. The van der Waals surface area contributed by atoms with Crippen LogP contribution in [0, 0.1) is 0 Å². The number of nitrogens with two attached hydrogens (primary N) is 4. The number of carboxylic acid groups (broad SMARTS) is 1. The fourth-order valence-corrected chi connectivity index (χ4v) is 3.06. The van der Waals surface area contributed by atoms with E-state index < -0.39 is 48.4 Å². The summed E-state index contributed by atoms with van der Waals surface area (Å²) in [7, 11) is 0. The molecular weight excluding hydrogens is 460 g/mol. The minimum Gasteiger partial charge on any atom is -0.480 e. The summed E-state index contributed by atoms with van der Waals surface area (Å²) >= 11 is 0. The van der Waals surface area contributed by atoms with Gasteiger partial charge in [-0.2, -0.15) is 0 Å². The molecule has 3 amide bonds. The SMILES string of the molecule is NCCCCC(NC(=O)CNC(=O)C(N)Cc1cnc[nH]1)C(=O)NC(CCCN=C(N)N)C(=O)O. The van der Waals surface area contributed by atoms with Crippen molar-refractivity contribution in [1.82, 2.24) is 25.9 Å². The molecule has 13 N–H and O–H groups in total. The molecule has 0 aliphatic heterocycles. The molecule has 0 aromatic carbocycles. The first-order chi connectivity index (χ1) is 16.6. The van der Waals surface area contributed by atoms with Crippen molar-refractivity contribution in [1.29, 1.82) is 0 Å². The molecule has 0 aliphatic carbocycles. The van der Waals surface area contributed by atoms with Crippen LogP contribution in [0.1, 0.15) is 37.8 Å². The van der Waals surface area contributed by atoms with E-state index in [4.69, 9.17) is 22.9 Å². The van der Waals surface area contributed by atoms with Crippen LogP contribution in [-0.4, -0.2) is 82.5 Å². The van der Waals surface area contributed by atoms with E-state index in [1.807, 2.05) is 0 Å². The monoisotopic (exact) mass is 496 g/mol. The Labute approximate surface area is 202 Å². The second-order valence-corrected chi connectivity index (χ2v) is 7.86. The fourth-order valence-electron chi connectivity index (χ4n) is 3.06. The first kappa shape index (κ1) is 29.3. The number of imidazole rings is 1. The lowest BCUT2D eigenvalue weighted by Gasteiger charge is -2.22. The number of aliphatic carboxylic acids is 1. The number of carbonyl (C=O) groups excluding carboxylic acids is 3. The van der Waals surface area contributed by atoms with E-state index in [0.717, 1.165) is 0 Å². The number of nitrogens with one attached hydrogen (secondary N) is 4. The minimum atomic E-state index is -1.23. The Morgan fingerprint density at radius 3 is 2.37 bits per heavy atom. The van der Waals surface area contributed by atoms with Gasteiger partial charge in [0.2, 0.25) is 17.7 Å². The first-order valence-corrected chi connectivity index (χ1v) is 11.2. The summed E-state index contributed by atoms with van der Waals surface area (Å²) in [5.41, 5.74) is 22.5. The van der Waals surface area contributed by atoms with Gasteiger partial charge in [-0.3, -0.25) is 19.4 Å². The van der Waals surface area contributed by atoms with Crippen molar-refractivity contribution in [3.8, 4) is 0 Å². The van der Waals surface area contributed by atoms with Crippen molar-refractivity contribution in [2.45, 2.75) is 56.7 Å². The molecule has 0 saturated heterocycles. The maximum Gasteiger partial charge on any atom is 0.326 e. The van der Waals surface area contributed by atoms with Crippen LogP contribution in [0.4, 0.5) is 0 Å². The van der Waals surface area contributed by atoms with Crippen molar-refractivity contribution in [2.24, 2.45) is 27.9 Å². The molecule has 15 nitrogen and oxygen atoms in total. The lowest BCUT2D eigenvalue weighted by molar-refractivity contribution is -0.142. The van der Waals surface area contributed by atoms with Crippen LogP contribution >= 0.6 is 0 Å². The summed E-state index contributed by atoms with van der Waals surface area (Å²) in [6, 6.07) is -3.10. The van der Waals surface area contributed by atoms with Gasteiger partial charge in [-0.05, 0) is 38.6 Å². The Balaban J connectivity index is 2.63. The van der Waals surface area contributed by atoms with Crippen LogP contribution < -0.4 is 38.9 Å². The fraction of sp³-hybridized carbons (Fsp3) is 0.600. The van der Waals surface area contributed by atoms with E-state index in [2.05, 4.69) is 30.9 Å². The number of rotatable bonds is 17. The molecule has 0 fully saturated rings. The zero-order valence-corrected chi connectivity index (χ0v) is 19.5. The lowest BCUT2D eigenvalue weighted by Crippen LogP contribution is -2.53. The van der Waals surface area contributed by atoms with Crippen LogP contribution in [0.3, 0.4) is 0 Å². The third-order valence-corrected chi connectivity index (χ3v) is 4.91. The zero-order chi connectivity index (χ0) is 26.2. The molecule has 196 valence electrons. The number of hydrogen-bond donors (Lipinski definition) is 9. The molecule has 15 heteroatoms. The highest BCUT2D eigenvalue weighted by atomic mass is 16.4. The standard InChI is InChI=1S/C20H36N10O5/c21-6-2-1-4-14(18(33)30-15(19(34)35)5-3-7-26-20(23)24)29-16(31)10-27-17(32)13(22)8-12-9-25-11-28-12/h9,11,13-15H,1-8,10,21-22H2,(H,25,28)(H,27,32)(H,29,31)(H,30,33)(H,34,35)(H4,23,24,26). The number of nitrogens with zero attached hydrogens (tertiary/aromatic N) is 2. The highest BCUT2D eigenvalue weighted by Gasteiger charge is 2.26. The number of carboxylic acids is 1. The molecule has 1 heterocycles. The number of aromatic nitrogens is 2. The number of unbranched alkanes of at least 4 members (excludes halogenated alkanes) is 1. The number of H-pyrrole nitrogens is 1. The van der Waals surface area contributed by atoms with E-state index >= 15 is 0 Å². The lowest BCUT2D eigenvalue weighted by atomic mass is 10.1. The van der Waals surface area contributed by atoms with Gasteiger partial charge >= 0.3 is 5.97 Å². The van der Waals surface area contributed by atoms with Crippen LogP contribution in [0.5, 0.6) is 0 Å². The summed E-state index contributed by atoms with van der Waals surface area (Å²) < 4.78 is 0. The summed E-state index contributed by atoms with van der Waals surface area (Å²) in [5.74, 6) is -3.18. The van der Waals surface area contributed by atoms with Crippen LogP contribution in [0.25, 0.3) is 0 Å². The van der Waals surface area contributed by atoms with Gasteiger partial charge in [0.05, 0.1) is 18.9 Å². The Morgan fingerprint density at radius 1 is 1.06 bits per heavy atom. The van der Waals surface area contributed by atoms with Crippen molar-refractivity contribution in [3.63, 3.8) is 0 Å². The number of aromatic amines is 1. The maximum absolute atomic E-state index is 12.7. The summed E-state index contributed by atoms with van der Waals surface area (Å²) in [6.45, 7) is 0.201. The van der Waals surface area contributed by atoms with Gasteiger partial charge < -0.3 is 49.0 Å². The van der Waals surface area contributed by atoms with Crippen molar-refractivity contribution >= 4 is 29.7 Å². The van der Waals surface area contributed by atoms with Gasteiger partial charge in [0.15, 0.2) is 5.96 Å². The molecule has 0 saturated carbocycles. The van der Waals surface area contributed by atoms with Gasteiger partial charge in [0.1, 0.15) is 12.1 Å². The second kappa shape index (κ2) is 16.0. The van der Waals surface area contributed by atoms with Gasteiger partial charge in [0.25, 0.3) is 0 Å². The van der Waals surface area contributed by atoms with Crippen molar-refractivity contribution in [2.75, 3.05) is 19.6 Å². The van der Waals surface area contributed by atoms with E-state index in [9.17, 15) is 24.3 Å². The van der Waals surface area contributed by atoms with Crippen LogP contribution in [-0.2, 0) is 25.6 Å². The van der Waals surface area contributed by atoms with Crippen molar-refractivity contribution in [3.05, 3.63) is 18.2 Å². The molecule has 0 aliphatic rings. The Morgan fingerprint density at radius 2 is 1.77 bits per heavy atom. The molecule has 0 radical (unpaired) electrons. The third-order valence-electron chi connectivity index (χ3n) is 4.91. The Hall–Kier alpha value is -3.72. The second-order valence-electron chi connectivity index (χ2n) is 7.86. The summed E-state index contributed by atoms with van der Waals surface area (Å²) in [4.78, 5) is 59.3. The molecule has 0 spiro atoms. The highest BCUT2D eigenvalue weighted by Crippen LogP contribution is 2.04. The molecule has 35 heavy (non-hydrogen) atoms. The minimum absolute atomic E-state index is 0.0889. The third kappa shape index (κ3) is 12.4. The number of aliphatic imine (C=N–C) groups is 1. The van der Waals surface area contributed by atoms with Crippen LogP contribution in [0.2, 0.25) is 0 Å².